The molecule has 0 saturated carbocycles. The fourth-order valence-corrected chi connectivity index (χ4v) is 1.07. The summed E-state index contributed by atoms with van der Waals surface area (Å²) in [5.74, 6) is 0.658. The fraction of sp³-hybridized carbons (Fsp3) is 0.333. The minimum Gasteiger partial charge on any atom is -0.486 e. The number of hydrogen-bond acceptors (Lipinski definition) is 3. The van der Waals surface area contributed by atoms with E-state index < -0.39 is 0 Å². The van der Waals surface area contributed by atoms with E-state index in [1.54, 1.807) is 12.1 Å². The summed E-state index contributed by atoms with van der Waals surface area (Å²) in [4.78, 5) is 21.9. The van der Waals surface area contributed by atoms with E-state index in [9.17, 15) is 9.59 Å². The fourth-order valence-electron chi connectivity index (χ4n) is 1.07. The second kappa shape index (κ2) is 5.96. The van der Waals surface area contributed by atoms with Gasteiger partial charge in [0, 0.05) is 12.8 Å². The van der Waals surface area contributed by atoms with Crippen LogP contribution in [0, 0.1) is 0 Å². The molecule has 1 aromatic rings. The Morgan fingerprint density at radius 2 is 1.80 bits per heavy atom. The van der Waals surface area contributed by atoms with Crippen LogP contribution in [0.25, 0.3) is 0 Å². The first-order valence-corrected chi connectivity index (χ1v) is 4.87. The lowest BCUT2D eigenvalue weighted by atomic mass is 10.2. The van der Waals surface area contributed by atoms with Crippen LogP contribution >= 0.6 is 0 Å². The molecule has 0 aliphatic carbocycles. The van der Waals surface area contributed by atoms with Crippen molar-refractivity contribution in [3.8, 4) is 5.75 Å². The monoisotopic (exact) mass is 206 g/mol. The van der Waals surface area contributed by atoms with Gasteiger partial charge in [0.1, 0.15) is 18.1 Å². The first-order valence-electron chi connectivity index (χ1n) is 4.87. The minimum atomic E-state index is -0.0472. The normalized spacial score (nSPS) is 9.67. The van der Waals surface area contributed by atoms with Crippen molar-refractivity contribution < 1.29 is 14.3 Å². The molecule has 0 aliphatic heterocycles. The second-order valence-corrected chi connectivity index (χ2v) is 3.34. The molecular weight excluding hydrogens is 192 g/mol. The molecule has 0 N–H and O–H groups in total. The third-order valence-electron chi connectivity index (χ3n) is 1.90. The molecule has 0 atom stereocenters. The van der Waals surface area contributed by atoms with Gasteiger partial charge in [0.25, 0.3) is 0 Å². The lowest BCUT2D eigenvalue weighted by Gasteiger charge is -2.03. The summed E-state index contributed by atoms with van der Waals surface area (Å²) < 4.78 is 5.24. The number of hydrogen-bond donors (Lipinski definition) is 0. The molecule has 80 valence electrons. The summed E-state index contributed by atoms with van der Waals surface area (Å²) in [6.45, 7) is 1.52. The Morgan fingerprint density at radius 1 is 1.13 bits per heavy atom. The number of rotatable bonds is 6. The summed E-state index contributed by atoms with van der Waals surface area (Å²) in [6.07, 6.45) is 0.569. The number of benzene rings is 1. The van der Waals surface area contributed by atoms with Crippen LogP contribution in [0.15, 0.2) is 30.3 Å². The molecule has 0 bridgehead atoms. The van der Waals surface area contributed by atoms with Crippen LogP contribution in [0.3, 0.4) is 0 Å². The number of carbonyl (C=O) groups excluding carboxylic acids is 2. The Morgan fingerprint density at radius 3 is 2.40 bits per heavy atom. The standard InChI is InChI=1S/C12H14O3/c1-10(13)7-8-11(14)9-15-12-5-3-2-4-6-12/h2-6H,7-9H2,1H3. The third kappa shape index (κ3) is 4.96. The molecule has 0 amide bonds. The van der Waals surface area contributed by atoms with Crippen LogP contribution in [0.2, 0.25) is 0 Å². The van der Waals surface area contributed by atoms with E-state index in [0.29, 0.717) is 12.2 Å². The van der Waals surface area contributed by atoms with Crippen LogP contribution in [0.5, 0.6) is 5.75 Å². The zero-order chi connectivity index (χ0) is 11.1. The molecule has 1 aromatic carbocycles. The molecule has 3 nitrogen and oxygen atoms in total. The van der Waals surface area contributed by atoms with E-state index in [4.69, 9.17) is 4.74 Å². The predicted octanol–water partition coefficient (Wildman–Crippen LogP) is 2.00. The quantitative estimate of drug-likeness (QED) is 0.715. The summed E-state index contributed by atoms with van der Waals surface area (Å²) in [5, 5.41) is 0. The van der Waals surface area contributed by atoms with Crippen LogP contribution in [0.4, 0.5) is 0 Å². The van der Waals surface area contributed by atoms with Gasteiger partial charge in [-0.25, -0.2) is 0 Å². The molecule has 1 rings (SSSR count). The first-order chi connectivity index (χ1) is 7.18. The summed E-state index contributed by atoms with van der Waals surface area (Å²) >= 11 is 0. The van der Waals surface area contributed by atoms with Gasteiger partial charge in [0.2, 0.25) is 0 Å². The van der Waals surface area contributed by atoms with Crippen molar-refractivity contribution in [3.05, 3.63) is 30.3 Å². The van der Waals surface area contributed by atoms with E-state index in [1.165, 1.54) is 6.92 Å². The molecule has 0 heterocycles. The van der Waals surface area contributed by atoms with E-state index in [0.717, 1.165) is 0 Å². The smallest absolute Gasteiger partial charge is 0.170 e. The van der Waals surface area contributed by atoms with Crippen molar-refractivity contribution in [1.29, 1.82) is 0 Å². The molecular formula is C12H14O3. The van der Waals surface area contributed by atoms with Gasteiger partial charge in [-0.15, -0.1) is 0 Å². The van der Waals surface area contributed by atoms with E-state index in [1.807, 2.05) is 18.2 Å². The molecule has 0 unspecified atom stereocenters. The zero-order valence-electron chi connectivity index (χ0n) is 8.73. The summed E-state index contributed by atoms with van der Waals surface area (Å²) in [7, 11) is 0. The summed E-state index contributed by atoms with van der Waals surface area (Å²) in [5.41, 5.74) is 0. The highest BCUT2D eigenvalue weighted by molar-refractivity contribution is 5.85. The molecule has 0 fully saturated rings. The largest absolute Gasteiger partial charge is 0.486 e. The molecule has 15 heavy (non-hydrogen) atoms. The average molecular weight is 206 g/mol. The van der Waals surface area contributed by atoms with Crippen LogP contribution in [0.1, 0.15) is 19.8 Å². The van der Waals surface area contributed by atoms with Gasteiger partial charge >= 0.3 is 0 Å². The highest BCUT2D eigenvalue weighted by Crippen LogP contribution is 2.08. The maximum absolute atomic E-state index is 11.2. The number of ether oxygens (including phenoxy) is 1. The topological polar surface area (TPSA) is 43.4 Å². The Bertz CT molecular complexity index is 330. The highest BCUT2D eigenvalue weighted by Gasteiger charge is 2.04. The van der Waals surface area contributed by atoms with Gasteiger partial charge in [-0.2, -0.15) is 0 Å². The Hall–Kier alpha value is -1.64. The van der Waals surface area contributed by atoms with E-state index in [2.05, 4.69) is 0 Å². The van der Waals surface area contributed by atoms with Gasteiger partial charge in [-0.05, 0) is 19.1 Å². The Balaban J connectivity index is 2.26. The molecule has 0 saturated heterocycles. The van der Waals surface area contributed by atoms with Gasteiger partial charge in [0.05, 0.1) is 0 Å². The van der Waals surface area contributed by atoms with Crippen molar-refractivity contribution >= 4 is 11.6 Å². The number of para-hydroxylation sites is 1. The minimum absolute atomic E-state index is 0.0306. The van der Waals surface area contributed by atoms with Crippen molar-refractivity contribution in [1.82, 2.24) is 0 Å². The van der Waals surface area contributed by atoms with Crippen LogP contribution in [-0.2, 0) is 9.59 Å². The van der Waals surface area contributed by atoms with Gasteiger partial charge in [0.15, 0.2) is 5.78 Å². The highest BCUT2D eigenvalue weighted by atomic mass is 16.5. The Kier molecular flexibility index (Phi) is 4.54. The first kappa shape index (κ1) is 11.4. The molecule has 0 aliphatic rings. The average Bonchev–Trinajstić information content (AvgIpc) is 2.25. The SMILES string of the molecule is CC(=O)CCC(=O)COc1ccccc1. The van der Waals surface area contributed by atoms with Crippen molar-refractivity contribution in [2.75, 3.05) is 6.61 Å². The molecule has 0 radical (unpaired) electrons. The van der Waals surface area contributed by atoms with Crippen LogP contribution < -0.4 is 4.74 Å². The number of Topliss-reactive ketones (excluding diaryl/α,β-unsaturated/α-hetero) is 2. The molecule has 0 spiro atoms. The second-order valence-electron chi connectivity index (χ2n) is 3.34. The lowest BCUT2D eigenvalue weighted by molar-refractivity contribution is -0.124. The maximum atomic E-state index is 11.2. The van der Waals surface area contributed by atoms with Gasteiger partial charge in [-0.3, -0.25) is 4.79 Å². The van der Waals surface area contributed by atoms with Gasteiger partial charge in [-0.1, -0.05) is 18.2 Å². The van der Waals surface area contributed by atoms with Gasteiger partial charge < -0.3 is 9.53 Å². The zero-order valence-corrected chi connectivity index (χ0v) is 8.73. The number of ketones is 2. The Labute approximate surface area is 89.1 Å². The summed E-state index contributed by atoms with van der Waals surface area (Å²) in [6, 6.07) is 9.14. The van der Waals surface area contributed by atoms with Crippen molar-refractivity contribution in [3.63, 3.8) is 0 Å². The number of carbonyl (C=O) groups is 2. The molecule has 0 aromatic heterocycles. The van der Waals surface area contributed by atoms with Crippen molar-refractivity contribution in [2.45, 2.75) is 19.8 Å². The van der Waals surface area contributed by atoms with Crippen molar-refractivity contribution in [2.24, 2.45) is 0 Å². The predicted molar refractivity (Wildman–Crippen MR) is 56.9 cm³/mol. The lowest BCUT2D eigenvalue weighted by Crippen LogP contribution is -2.12. The third-order valence-corrected chi connectivity index (χ3v) is 1.90. The van der Waals surface area contributed by atoms with E-state index >= 15 is 0 Å². The molecule has 3 heteroatoms. The van der Waals surface area contributed by atoms with E-state index in [-0.39, 0.29) is 24.6 Å². The maximum Gasteiger partial charge on any atom is 0.170 e. The van der Waals surface area contributed by atoms with Crippen LogP contribution in [-0.4, -0.2) is 18.2 Å².